The highest BCUT2D eigenvalue weighted by molar-refractivity contribution is 8.00. The summed E-state index contributed by atoms with van der Waals surface area (Å²) in [6, 6.07) is 2.73. The second-order valence-corrected chi connectivity index (χ2v) is 5.96. The average Bonchev–Trinajstić information content (AvgIpc) is 3.19. The number of halogens is 1. The number of thioether (sulfide) groups is 1. The van der Waals surface area contributed by atoms with Crippen molar-refractivity contribution in [2.24, 2.45) is 0 Å². The molecular formula is C13H15FN2O3S. The van der Waals surface area contributed by atoms with E-state index in [4.69, 9.17) is 5.11 Å². The number of hydrogen-bond acceptors (Lipinski definition) is 3. The van der Waals surface area contributed by atoms with Crippen LogP contribution in [-0.2, 0) is 0 Å². The highest BCUT2D eigenvalue weighted by Crippen LogP contribution is 2.46. The first-order valence-electron chi connectivity index (χ1n) is 6.09. The first-order chi connectivity index (χ1) is 9.46. The molecule has 0 radical (unpaired) electrons. The summed E-state index contributed by atoms with van der Waals surface area (Å²) in [7, 11) is 0. The van der Waals surface area contributed by atoms with E-state index in [0.29, 0.717) is 6.54 Å². The summed E-state index contributed by atoms with van der Waals surface area (Å²) in [4.78, 5) is 22.7. The van der Waals surface area contributed by atoms with Crippen molar-refractivity contribution in [1.82, 2.24) is 5.32 Å². The van der Waals surface area contributed by atoms with Gasteiger partial charge in [0.05, 0.1) is 11.3 Å². The van der Waals surface area contributed by atoms with E-state index in [1.54, 1.807) is 11.8 Å². The van der Waals surface area contributed by atoms with Crippen molar-refractivity contribution in [3.8, 4) is 0 Å². The van der Waals surface area contributed by atoms with E-state index in [2.05, 4.69) is 10.6 Å². The maximum absolute atomic E-state index is 13.0. The minimum Gasteiger partial charge on any atom is -0.478 e. The Bertz CT molecular complexity index is 546. The first kappa shape index (κ1) is 14.6. The Balaban J connectivity index is 1.99. The smallest absolute Gasteiger partial charge is 0.337 e. The Hall–Kier alpha value is -1.76. The van der Waals surface area contributed by atoms with Crippen molar-refractivity contribution in [2.45, 2.75) is 17.6 Å². The van der Waals surface area contributed by atoms with Crippen LogP contribution in [0.1, 0.15) is 23.2 Å². The van der Waals surface area contributed by atoms with Crippen molar-refractivity contribution in [2.75, 3.05) is 18.1 Å². The number of aromatic carboxylic acids is 1. The lowest BCUT2D eigenvalue weighted by molar-refractivity contribution is 0.0697. The van der Waals surface area contributed by atoms with Crippen LogP contribution >= 0.6 is 11.8 Å². The Morgan fingerprint density at radius 2 is 2.15 bits per heavy atom. The maximum atomic E-state index is 13.0. The van der Waals surface area contributed by atoms with Gasteiger partial charge in [-0.1, -0.05) is 0 Å². The Kier molecular flexibility index (Phi) is 4.17. The fraction of sp³-hybridized carbons (Fsp3) is 0.385. The third-order valence-corrected chi connectivity index (χ3v) is 4.69. The molecule has 0 bridgehead atoms. The van der Waals surface area contributed by atoms with Crippen molar-refractivity contribution < 1.29 is 19.1 Å². The quantitative estimate of drug-likeness (QED) is 0.780. The van der Waals surface area contributed by atoms with Crippen LogP contribution in [0.2, 0.25) is 0 Å². The molecule has 1 fully saturated rings. The predicted octanol–water partition coefficient (Wildman–Crippen LogP) is 2.54. The Morgan fingerprint density at radius 1 is 1.45 bits per heavy atom. The van der Waals surface area contributed by atoms with Gasteiger partial charge in [0.1, 0.15) is 5.82 Å². The van der Waals surface area contributed by atoms with Crippen LogP contribution < -0.4 is 10.6 Å². The number of carbonyl (C=O) groups is 2. The summed E-state index contributed by atoms with van der Waals surface area (Å²) in [6.07, 6.45) is 4.12. The molecule has 0 spiro atoms. The zero-order valence-corrected chi connectivity index (χ0v) is 11.7. The van der Waals surface area contributed by atoms with E-state index >= 15 is 0 Å². The second kappa shape index (κ2) is 5.70. The number of amides is 2. The monoisotopic (exact) mass is 298 g/mol. The van der Waals surface area contributed by atoms with Crippen LogP contribution in [0.25, 0.3) is 0 Å². The molecule has 0 aromatic heterocycles. The second-order valence-electron chi connectivity index (χ2n) is 4.69. The molecule has 20 heavy (non-hydrogen) atoms. The molecule has 0 heterocycles. The molecule has 3 N–H and O–H groups in total. The van der Waals surface area contributed by atoms with Gasteiger partial charge in [0.25, 0.3) is 0 Å². The van der Waals surface area contributed by atoms with E-state index in [-0.39, 0.29) is 16.0 Å². The van der Waals surface area contributed by atoms with E-state index in [1.807, 2.05) is 6.26 Å². The molecule has 1 aliphatic carbocycles. The van der Waals surface area contributed by atoms with Gasteiger partial charge >= 0.3 is 12.0 Å². The standard InChI is InChI=1S/C13H15FN2O3S/c1-20-13(4-5-13)7-15-12(19)16-10-3-2-8(14)6-9(10)11(17)18/h2-3,6H,4-5,7H2,1H3,(H,17,18)(H2,15,16,19). The summed E-state index contributed by atoms with van der Waals surface area (Å²) in [6.45, 7) is 0.531. The molecule has 2 amide bonds. The lowest BCUT2D eigenvalue weighted by Gasteiger charge is -2.14. The van der Waals surface area contributed by atoms with Crippen LogP contribution in [0.3, 0.4) is 0 Å². The molecule has 5 nitrogen and oxygen atoms in total. The van der Waals surface area contributed by atoms with E-state index < -0.39 is 17.8 Å². The molecule has 0 unspecified atom stereocenters. The Morgan fingerprint density at radius 3 is 2.70 bits per heavy atom. The number of hydrogen-bond donors (Lipinski definition) is 3. The van der Waals surface area contributed by atoms with Crippen LogP contribution in [-0.4, -0.2) is 34.7 Å². The van der Waals surface area contributed by atoms with Gasteiger partial charge in [-0.15, -0.1) is 0 Å². The average molecular weight is 298 g/mol. The van der Waals surface area contributed by atoms with Crippen molar-refractivity contribution >= 4 is 29.4 Å². The summed E-state index contributed by atoms with van der Waals surface area (Å²) < 4.78 is 13.1. The number of urea groups is 1. The third-order valence-electron chi connectivity index (χ3n) is 3.27. The highest BCUT2D eigenvalue weighted by atomic mass is 32.2. The van der Waals surface area contributed by atoms with Crippen molar-refractivity contribution in [3.63, 3.8) is 0 Å². The molecular weight excluding hydrogens is 283 g/mol. The fourth-order valence-corrected chi connectivity index (χ4v) is 2.53. The molecule has 2 rings (SSSR count). The number of carbonyl (C=O) groups excluding carboxylic acids is 1. The predicted molar refractivity (Wildman–Crippen MR) is 75.9 cm³/mol. The third kappa shape index (κ3) is 3.41. The topological polar surface area (TPSA) is 78.4 Å². The summed E-state index contributed by atoms with van der Waals surface area (Å²) >= 11 is 1.71. The molecule has 0 saturated heterocycles. The molecule has 1 saturated carbocycles. The van der Waals surface area contributed by atoms with Gasteiger partial charge in [-0.25, -0.2) is 14.0 Å². The number of anilines is 1. The van der Waals surface area contributed by atoms with Crippen molar-refractivity contribution in [1.29, 1.82) is 0 Å². The zero-order chi connectivity index (χ0) is 14.8. The largest absolute Gasteiger partial charge is 0.478 e. The summed E-state index contributed by atoms with van der Waals surface area (Å²) in [5, 5.41) is 14.1. The minimum absolute atomic E-state index is 0.0744. The maximum Gasteiger partial charge on any atom is 0.337 e. The molecule has 7 heteroatoms. The lowest BCUT2D eigenvalue weighted by atomic mass is 10.2. The molecule has 0 aliphatic heterocycles. The molecule has 0 atom stereocenters. The van der Waals surface area contributed by atoms with E-state index in [9.17, 15) is 14.0 Å². The first-order valence-corrected chi connectivity index (χ1v) is 7.31. The van der Waals surface area contributed by atoms with E-state index in [1.165, 1.54) is 6.07 Å². The molecule has 108 valence electrons. The van der Waals surface area contributed by atoms with Gasteiger partial charge in [-0.2, -0.15) is 11.8 Å². The van der Waals surface area contributed by atoms with E-state index in [0.717, 1.165) is 25.0 Å². The number of benzene rings is 1. The van der Waals surface area contributed by atoms with Crippen LogP contribution in [0, 0.1) is 5.82 Å². The normalized spacial score (nSPS) is 15.5. The lowest BCUT2D eigenvalue weighted by Crippen LogP contribution is -2.35. The number of carboxylic acid groups (broad SMARTS) is 1. The van der Waals surface area contributed by atoms with Crippen LogP contribution in [0.4, 0.5) is 14.9 Å². The SMILES string of the molecule is CSC1(CNC(=O)Nc2ccc(F)cc2C(=O)O)CC1. The molecule has 1 aromatic rings. The molecule has 1 aliphatic rings. The fourth-order valence-electron chi connectivity index (χ4n) is 1.80. The number of rotatable bonds is 5. The van der Waals surface area contributed by atoms with Crippen LogP contribution in [0.5, 0.6) is 0 Å². The minimum atomic E-state index is -1.29. The Labute approximate surface area is 119 Å². The number of carboxylic acids is 1. The molecule has 1 aromatic carbocycles. The zero-order valence-electron chi connectivity index (χ0n) is 10.9. The van der Waals surface area contributed by atoms with Crippen LogP contribution in [0.15, 0.2) is 18.2 Å². The summed E-state index contributed by atoms with van der Waals surface area (Å²) in [5.41, 5.74) is -0.198. The van der Waals surface area contributed by atoms with Gasteiger partial charge in [0.2, 0.25) is 0 Å². The van der Waals surface area contributed by atoms with Gasteiger partial charge in [0, 0.05) is 11.3 Å². The van der Waals surface area contributed by atoms with Gasteiger partial charge in [-0.05, 0) is 37.3 Å². The van der Waals surface area contributed by atoms with Gasteiger partial charge < -0.3 is 15.7 Å². The van der Waals surface area contributed by atoms with Crippen molar-refractivity contribution in [3.05, 3.63) is 29.6 Å². The highest BCUT2D eigenvalue weighted by Gasteiger charge is 2.41. The summed E-state index contributed by atoms with van der Waals surface area (Å²) in [5.74, 6) is -1.95. The van der Waals surface area contributed by atoms with Gasteiger partial charge in [-0.3, -0.25) is 0 Å². The van der Waals surface area contributed by atoms with Gasteiger partial charge in [0.15, 0.2) is 0 Å². The number of nitrogens with one attached hydrogen (secondary N) is 2.